The van der Waals surface area contributed by atoms with Gasteiger partial charge in [0.15, 0.2) is 0 Å². The number of carbonyl (C=O) groups is 1. The van der Waals surface area contributed by atoms with Crippen LogP contribution >= 0.6 is 0 Å². The number of carbonyl (C=O) groups excluding carboxylic acids is 1. The van der Waals surface area contributed by atoms with Gasteiger partial charge in [0.2, 0.25) is 0 Å². The maximum absolute atomic E-state index is 13.7. The maximum Gasteiger partial charge on any atom is 0.317 e. The lowest BCUT2D eigenvalue weighted by Gasteiger charge is -2.33. The molecule has 5 nitrogen and oxygen atoms in total. The minimum atomic E-state index is -0.388. The van der Waals surface area contributed by atoms with Crippen molar-refractivity contribution in [1.29, 1.82) is 0 Å². The van der Waals surface area contributed by atoms with E-state index in [-0.39, 0.29) is 18.0 Å². The number of aliphatic hydroxyl groups excluding tert-OH is 1. The van der Waals surface area contributed by atoms with E-state index in [1.807, 2.05) is 12.1 Å². The molecule has 2 saturated heterocycles. The second-order valence-corrected chi connectivity index (χ2v) is 7.24. The molecule has 1 atom stereocenters. The lowest BCUT2D eigenvalue weighted by molar-refractivity contribution is 0.0833. The number of nitrogens with one attached hydrogen (secondary N) is 1. The van der Waals surface area contributed by atoms with Crippen molar-refractivity contribution in [3.63, 3.8) is 0 Å². The topological polar surface area (TPSA) is 55.8 Å². The zero-order chi connectivity index (χ0) is 17.6. The first kappa shape index (κ1) is 18.1. The van der Waals surface area contributed by atoms with Gasteiger partial charge in [-0.3, -0.25) is 4.90 Å². The number of halogens is 1. The smallest absolute Gasteiger partial charge is 0.317 e. The Labute approximate surface area is 148 Å². The third-order valence-corrected chi connectivity index (χ3v) is 5.28. The van der Waals surface area contributed by atoms with E-state index in [2.05, 4.69) is 10.2 Å². The standard InChI is InChI=1S/C19H28FN3O2/c20-18-6-2-1-4-16(18)13-22-10-7-15(8-11-22)12-21-19(25)23-9-3-5-17(24)14-23/h1-2,4,6,15,17,24H,3,5,7-14H2,(H,21,25)/t17-/m0/s1. The van der Waals surface area contributed by atoms with Gasteiger partial charge in [0.1, 0.15) is 5.82 Å². The fourth-order valence-electron chi connectivity index (χ4n) is 3.70. The Morgan fingerprint density at radius 1 is 1.20 bits per heavy atom. The fourth-order valence-corrected chi connectivity index (χ4v) is 3.70. The van der Waals surface area contributed by atoms with Crippen LogP contribution in [-0.4, -0.2) is 59.8 Å². The molecule has 2 N–H and O–H groups in total. The first-order valence-corrected chi connectivity index (χ1v) is 9.28. The van der Waals surface area contributed by atoms with Gasteiger partial charge >= 0.3 is 6.03 Å². The Balaban J connectivity index is 1.38. The Bertz CT molecular complexity index is 576. The fraction of sp³-hybridized carbons (Fsp3) is 0.632. The van der Waals surface area contributed by atoms with Crippen molar-refractivity contribution in [2.45, 2.75) is 38.3 Å². The van der Waals surface area contributed by atoms with Gasteiger partial charge in [-0.1, -0.05) is 18.2 Å². The predicted octanol–water partition coefficient (Wildman–Crippen LogP) is 2.20. The number of rotatable bonds is 4. The van der Waals surface area contributed by atoms with Crippen LogP contribution in [0.3, 0.4) is 0 Å². The summed E-state index contributed by atoms with van der Waals surface area (Å²) in [5.74, 6) is 0.330. The molecule has 6 heteroatoms. The number of urea groups is 1. The number of benzene rings is 1. The van der Waals surface area contributed by atoms with Gasteiger partial charge in [-0.15, -0.1) is 0 Å². The molecule has 138 valence electrons. The van der Waals surface area contributed by atoms with Crippen LogP contribution in [0.2, 0.25) is 0 Å². The molecule has 0 aliphatic carbocycles. The maximum atomic E-state index is 13.7. The molecule has 2 fully saturated rings. The van der Waals surface area contributed by atoms with Crippen LogP contribution in [-0.2, 0) is 6.54 Å². The average Bonchev–Trinajstić information content (AvgIpc) is 2.63. The molecule has 2 amide bonds. The lowest BCUT2D eigenvalue weighted by Crippen LogP contribution is -2.48. The van der Waals surface area contributed by atoms with E-state index in [0.29, 0.717) is 25.6 Å². The number of likely N-dealkylation sites (tertiary alicyclic amines) is 2. The van der Waals surface area contributed by atoms with Crippen LogP contribution in [0.5, 0.6) is 0 Å². The van der Waals surface area contributed by atoms with Gasteiger partial charge < -0.3 is 15.3 Å². The van der Waals surface area contributed by atoms with E-state index in [4.69, 9.17) is 0 Å². The molecular weight excluding hydrogens is 321 g/mol. The van der Waals surface area contributed by atoms with Gasteiger partial charge in [0.25, 0.3) is 0 Å². The van der Waals surface area contributed by atoms with Gasteiger partial charge in [-0.2, -0.15) is 0 Å². The average molecular weight is 349 g/mol. The van der Waals surface area contributed by atoms with E-state index in [0.717, 1.165) is 50.9 Å². The molecular formula is C19H28FN3O2. The molecule has 0 bridgehead atoms. The van der Waals surface area contributed by atoms with Crippen LogP contribution in [0.4, 0.5) is 9.18 Å². The number of amides is 2. The van der Waals surface area contributed by atoms with E-state index >= 15 is 0 Å². The minimum absolute atomic E-state index is 0.0625. The summed E-state index contributed by atoms with van der Waals surface area (Å²) >= 11 is 0. The predicted molar refractivity (Wildman–Crippen MR) is 94.6 cm³/mol. The first-order chi connectivity index (χ1) is 12.1. The van der Waals surface area contributed by atoms with Crippen molar-refractivity contribution in [2.75, 3.05) is 32.7 Å². The second-order valence-electron chi connectivity index (χ2n) is 7.24. The Morgan fingerprint density at radius 2 is 1.96 bits per heavy atom. The van der Waals surface area contributed by atoms with Crippen molar-refractivity contribution in [3.8, 4) is 0 Å². The largest absolute Gasteiger partial charge is 0.391 e. The number of hydrogen-bond donors (Lipinski definition) is 2. The van der Waals surface area contributed by atoms with Gasteiger partial charge in [0, 0.05) is 31.7 Å². The summed E-state index contributed by atoms with van der Waals surface area (Å²) in [6.45, 7) is 4.35. The third kappa shape index (κ3) is 5.16. The van der Waals surface area contributed by atoms with Crippen LogP contribution < -0.4 is 5.32 Å². The highest BCUT2D eigenvalue weighted by atomic mass is 19.1. The van der Waals surface area contributed by atoms with Gasteiger partial charge in [0.05, 0.1) is 6.10 Å². The second kappa shape index (κ2) is 8.63. The molecule has 3 rings (SSSR count). The van der Waals surface area contributed by atoms with Gasteiger partial charge in [-0.25, -0.2) is 9.18 Å². The number of hydrogen-bond acceptors (Lipinski definition) is 3. The molecule has 0 unspecified atom stereocenters. The van der Waals surface area contributed by atoms with E-state index in [9.17, 15) is 14.3 Å². The molecule has 2 heterocycles. The normalized spacial score (nSPS) is 22.8. The Kier molecular flexibility index (Phi) is 6.26. The van der Waals surface area contributed by atoms with E-state index < -0.39 is 0 Å². The summed E-state index contributed by atoms with van der Waals surface area (Å²) in [6.07, 6.45) is 3.28. The van der Waals surface area contributed by atoms with Gasteiger partial charge in [-0.05, 0) is 50.8 Å². The molecule has 1 aromatic rings. The van der Waals surface area contributed by atoms with Crippen molar-refractivity contribution in [2.24, 2.45) is 5.92 Å². The van der Waals surface area contributed by atoms with Crippen molar-refractivity contribution < 1.29 is 14.3 Å². The minimum Gasteiger partial charge on any atom is -0.391 e. The zero-order valence-corrected chi connectivity index (χ0v) is 14.7. The van der Waals surface area contributed by atoms with Crippen molar-refractivity contribution in [3.05, 3.63) is 35.6 Å². The molecule has 0 spiro atoms. The lowest BCUT2D eigenvalue weighted by atomic mass is 9.96. The molecule has 1 aromatic carbocycles. The number of aliphatic hydroxyl groups is 1. The number of β-amino-alcohol motifs (C(OH)–C–C–N with tert-alkyl or cyclic N) is 1. The molecule has 0 saturated carbocycles. The number of nitrogens with zero attached hydrogens (tertiary/aromatic N) is 2. The Hall–Kier alpha value is -1.66. The summed E-state index contributed by atoms with van der Waals surface area (Å²) < 4.78 is 13.7. The summed E-state index contributed by atoms with van der Waals surface area (Å²) in [5, 5.41) is 12.7. The quantitative estimate of drug-likeness (QED) is 0.876. The molecule has 0 radical (unpaired) electrons. The summed E-state index contributed by atoms with van der Waals surface area (Å²) in [6, 6.07) is 6.88. The number of piperidine rings is 2. The first-order valence-electron chi connectivity index (χ1n) is 9.28. The summed E-state index contributed by atoms with van der Waals surface area (Å²) in [5.41, 5.74) is 0.748. The highest BCUT2D eigenvalue weighted by Crippen LogP contribution is 2.19. The molecule has 0 aromatic heterocycles. The molecule has 2 aliphatic rings. The highest BCUT2D eigenvalue weighted by Gasteiger charge is 2.24. The van der Waals surface area contributed by atoms with Crippen LogP contribution in [0.25, 0.3) is 0 Å². The monoisotopic (exact) mass is 349 g/mol. The van der Waals surface area contributed by atoms with Crippen molar-refractivity contribution in [1.82, 2.24) is 15.1 Å². The molecule has 2 aliphatic heterocycles. The van der Waals surface area contributed by atoms with Crippen LogP contribution in [0.15, 0.2) is 24.3 Å². The molecule has 25 heavy (non-hydrogen) atoms. The summed E-state index contributed by atoms with van der Waals surface area (Å²) in [4.78, 5) is 16.2. The Morgan fingerprint density at radius 3 is 2.68 bits per heavy atom. The van der Waals surface area contributed by atoms with E-state index in [1.165, 1.54) is 6.07 Å². The van der Waals surface area contributed by atoms with Crippen LogP contribution in [0, 0.1) is 11.7 Å². The van der Waals surface area contributed by atoms with Crippen molar-refractivity contribution >= 4 is 6.03 Å². The highest BCUT2D eigenvalue weighted by molar-refractivity contribution is 5.74. The van der Waals surface area contributed by atoms with Crippen LogP contribution in [0.1, 0.15) is 31.2 Å². The summed E-state index contributed by atoms with van der Waals surface area (Å²) in [7, 11) is 0. The SMILES string of the molecule is O=C(NCC1CCN(Cc2ccccc2F)CC1)N1CCC[C@H](O)C1. The zero-order valence-electron chi connectivity index (χ0n) is 14.7. The third-order valence-electron chi connectivity index (χ3n) is 5.28. The van der Waals surface area contributed by atoms with E-state index in [1.54, 1.807) is 11.0 Å².